The number of hydrogen-bond donors (Lipinski definition) is 0. The molecular formula is C22H13FN2O6. The number of nitrogens with zero attached hydrogens (tertiary/aromatic N) is 2. The van der Waals surface area contributed by atoms with E-state index in [2.05, 4.69) is 0 Å². The third kappa shape index (κ3) is 2.98. The number of benzene rings is 2. The molecule has 2 aromatic heterocycles. The van der Waals surface area contributed by atoms with Gasteiger partial charge < -0.3 is 13.7 Å². The van der Waals surface area contributed by atoms with Crippen LogP contribution >= 0.6 is 0 Å². The lowest BCUT2D eigenvalue weighted by atomic mass is 9.98. The van der Waals surface area contributed by atoms with Crippen LogP contribution in [-0.4, -0.2) is 15.7 Å². The highest BCUT2D eigenvalue weighted by atomic mass is 19.1. The molecule has 154 valence electrons. The third-order valence-corrected chi connectivity index (χ3v) is 5.25. The highest BCUT2D eigenvalue weighted by molar-refractivity contribution is 5.99. The zero-order valence-corrected chi connectivity index (χ0v) is 15.8. The lowest BCUT2D eigenvalue weighted by molar-refractivity contribution is -0.384. The molecule has 1 aliphatic rings. The SMILES string of the molecule is O=C1c2oc3ccc(F)cc3c(=O)c2C(c2ccc([N+](=O)[O-])cc2)N1Cc1ccco1. The second-order valence-electron chi connectivity index (χ2n) is 7.08. The number of hydrogen-bond acceptors (Lipinski definition) is 6. The van der Waals surface area contributed by atoms with Crippen molar-refractivity contribution in [3.05, 3.63) is 110 Å². The third-order valence-electron chi connectivity index (χ3n) is 5.25. The summed E-state index contributed by atoms with van der Waals surface area (Å²) >= 11 is 0. The summed E-state index contributed by atoms with van der Waals surface area (Å²) in [5.41, 5.74) is -0.0236. The standard InChI is InChI=1S/C22H13FN2O6/c23-13-5-8-17-16(10-13)20(26)18-19(12-3-6-14(7-4-12)25(28)29)24(22(27)21(18)31-17)11-15-2-1-9-30-15/h1-10,19H,11H2. The molecule has 3 heterocycles. The summed E-state index contributed by atoms with van der Waals surface area (Å²) in [5.74, 6) is -0.795. The van der Waals surface area contributed by atoms with Crippen molar-refractivity contribution in [1.82, 2.24) is 4.90 Å². The zero-order valence-electron chi connectivity index (χ0n) is 15.8. The Kier molecular flexibility index (Phi) is 4.18. The molecule has 0 saturated heterocycles. The van der Waals surface area contributed by atoms with Crippen LogP contribution < -0.4 is 5.43 Å². The molecule has 4 aromatic rings. The van der Waals surface area contributed by atoms with E-state index >= 15 is 0 Å². The van der Waals surface area contributed by atoms with Gasteiger partial charge in [0.05, 0.1) is 34.7 Å². The van der Waals surface area contributed by atoms with E-state index < -0.39 is 28.1 Å². The van der Waals surface area contributed by atoms with Gasteiger partial charge in [0.2, 0.25) is 5.76 Å². The second kappa shape index (κ2) is 6.91. The Morgan fingerprint density at radius 1 is 1.10 bits per heavy atom. The number of nitro benzene ring substituents is 1. The molecule has 1 amide bonds. The number of carbonyl (C=O) groups excluding carboxylic acids is 1. The molecule has 0 saturated carbocycles. The maximum Gasteiger partial charge on any atom is 0.291 e. The van der Waals surface area contributed by atoms with Gasteiger partial charge in [0.1, 0.15) is 17.2 Å². The van der Waals surface area contributed by atoms with E-state index in [9.17, 15) is 24.1 Å². The number of amides is 1. The smallest absolute Gasteiger partial charge is 0.291 e. The molecule has 1 aliphatic heterocycles. The van der Waals surface area contributed by atoms with E-state index in [1.165, 1.54) is 41.5 Å². The fourth-order valence-electron chi connectivity index (χ4n) is 3.85. The van der Waals surface area contributed by atoms with Gasteiger partial charge in [-0.3, -0.25) is 19.7 Å². The molecule has 0 N–H and O–H groups in total. The van der Waals surface area contributed by atoms with Crippen LogP contribution in [0.25, 0.3) is 11.0 Å². The van der Waals surface area contributed by atoms with E-state index in [0.29, 0.717) is 11.3 Å². The molecule has 0 aliphatic carbocycles. The number of non-ortho nitro benzene ring substituents is 1. The first-order valence-corrected chi connectivity index (χ1v) is 9.28. The molecule has 2 aromatic carbocycles. The lowest BCUT2D eigenvalue weighted by Crippen LogP contribution is -2.29. The summed E-state index contributed by atoms with van der Waals surface area (Å²) in [6.07, 6.45) is 1.46. The average molecular weight is 420 g/mol. The number of furan rings is 1. The summed E-state index contributed by atoms with van der Waals surface area (Å²) in [5, 5.41) is 11.0. The number of nitro groups is 1. The normalized spacial score (nSPS) is 15.5. The average Bonchev–Trinajstić information content (AvgIpc) is 3.36. The Bertz CT molecular complexity index is 1390. The minimum absolute atomic E-state index is 0.0123. The molecule has 0 spiro atoms. The molecule has 0 radical (unpaired) electrons. The molecule has 1 unspecified atom stereocenters. The highest BCUT2D eigenvalue weighted by Crippen LogP contribution is 2.39. The van der Waals surface area contributed by atoms with Gasteiger partial charge in [-0.25, -0.2) is 4.39 Å². The molecule has 1 atom stereocenters. The van der Waals surface area contributed by atoms with Crippen LogP contribution in [0.2, 0.25) is 0 Å². The lowest BCUT2D eigenvalue weighted by Gasteiger charge is -2.24. The van der Waals surface area contributed by atoms with Crippen molar-refractivity contribution in [2.75, 3.05) is 0 Å². The Balaban J connectivity index is 1.73. The first kappa shape index (κ1) is 18.7. The highest BCUT2D eigenvalue weighted by Gasteiger charge is 2.43. The number of rotatable bonds is 4. The van der Waals surface area contributed by atoms with Gasteiger partial charge in [0.15, 0.2) is 5.43 Å². The first-order valence-electron chi connectivity index (χ1n) is 9.28. The maximum absolute atomic E-state index is 13.8. The molecule has 0 bridgehead atoms. The monoisotopic (exact) mass is 420 g/mol. The van der Waals surface area contributed by atoms with Crippen molar-refractivity contribution in [2.24, 2.45) is 0 Å². The van der Waals surface area contributed by atoms with Crippen molar-refractivity contribution >= 4 is 22.6 Å². The second-order valence-corrected chi connectivity index (χ2v) is 7.08. The van der Waals surface area contributed by atoms with Crippen molar-refractivity contribution in [2.45, 2.75) is 12.6 Å². The largest absolute Gasteiger partial charge is 0.467 e. The topological polar surface area (TPSA) is 107 Å². The predicted octanol–water partition coefficient (Wildman–Crippen LogP) is 4.18. The zero-order chi connectivity index (χ0) is 21.7. The van der Waals surface area contributed by atoms with Crippen LogP contribution in [0.3, 0.4) is 0 Å². The van der Waals surface area contributed by atoms with E-state index in [-0.39, 0.29) is 34.5 Å². The minimum atomic E-state index is -0.877. The van der Waals surface area contributed by atoms with Crippen LogP contribution in [0, 0.1) is 15.9 Å². The van der Waals surface area contributed by atoms with Gasteiger partial charge in [0, 0.05) is 12.1 Å². The predicted molar refractivity (Wildman–Crippen MR) is 106 cm³/mol. The molecule has 9 heteroatoms. The summed E-state index contributed by atoms with van der Waals surface area (Å²) in [6.45, 7) is 0.0435. The number of fused-ring (bicyclic) bond motifs is 2. The van der Waals surface area contributed by atoms with Gasteiger partial charge in [-0.15, -0.1) is 0 Å². The van der Waals surface area contributed by atoms with Crippen LogP contribution in [0.4, 0.5) is 10.1 Å². The van der Waals surface area contributed by atoms with Gasteiger partial charge in [-0.1, -0.05) is 0 Å². The summed E-state index contributed by atoms with van der Waals surface area (Å²) in [6, 6.07) is 11.5. The van der Waals surface area contributed by atoms with Gasteiger partial charge >= 0.3 is 0 Å². The molecule has 31 heavy (non-hydrogen) atoms. The summed E-state index contributed by atoms with van der Waals surface area (Å²) < 4.78 is 24.9. The maximum atomic E-state index is 13.8. The van der Waals surface area contributed by atoms with Crippen LogP contribution in [0.5, 0.6) is 0 Å². The minimum Gasteiger partial charge on any atom is -0.467 e. The summed E-state index contributed by atoms with van der Waals surface area (Å²) in [7, 11) is 0. The van der Waals surface area contributed by atoms with Gasteiger partial charge in [-0.2, -0.15) is 0 Å². The molecule has 0 fully saturated rings. The molecule has 8 nitrogen and oxygen atoms in total. The number of halogens is 1. The Morgan fingerprint density at radius 3 is 2.55 bits per heavy atom. The van der Waals surface area contributed by atoms with E-state index in [1.807, 2.05) is 0 Å². The number of carbonyl (C=O) groups is 1. The van der Waals surface area contributed by atoms with E-state index in [0.717, 1.165) is 12.1 Å². The Morgan fingerprint density at radius 2 is 1.87 bits per heavy atom. The fraction of sp³-hybridized carbons (Fsp3) is 0.0909. The molecule has 5 rings (SSSR count). The Labute approximate surface area is 173 Å². The van der Waals surface area contributed by atoms with E-state index in [4.69, 9.17) is 8.83 Å². The quantitative estimate of drug-likeness (QED) is 0.362. The van der Waals surface area contributed by atoms with E-state index in [1.54, 1.807) is 12.1 Å². The van der Waals surface area contributed by atoms with Crippen LogP contribution in [0.1, 0.15) is 33.5 Å². The van der Waals surface area contributed by atoms with Crippen LogP contribution in [0.15, 0.2) is 74.5 Å². The summed E-state index contributed by atoms with van der Waals surface area (Å²) in [4.78, 5) is 38.4. The molecular weight excluding hydrogens is 407 g/mol. The van der Waals surface area contributed by atoms with Crippen molar-refractivity contribution < 1.29 is 22.9 Å². The van der Waals surface area contributed by atoms with Gasteiger partial charge in [0.25, 0.3) is 11.6 Å². The van der Waals surface area contributed by atoms with Gasteiger partial charge in [-0.05, 0) is 48.0 Å². The fourth-order valence-corrected chi connectivity index (χ4v) is 3.85. The first-order chi connectivity index (χ1) is 14.9. The van der Waals surface area contributed by atoms with Crippen molar-refractivity contribution in [1.29, 1.82) is 0 Å². The van der Waals surface area contributed by atoms with Crippen LogP contribution in [-0.2, 0) is 6.54 Å². The Hall–Kier alpha value is -4.27. The van der Waals surface area contributed by atoms with Crippen molar-refractivity contribution in [3.63, 3.8) is 0 Å². The van der Waals surface area contributed by atoms with Crippen molar-refractivity contribution in [3.8, 4) is 0 Å².